The highest BCUT2D eigenvalue weighted by molar-refractivity contribution is 7.85. The van der Waals surface area contributed by atoms with Crippen LogP contribution in [-0.4, -0.2) is 28.2 Å². The molecule has 2 aromatic carbocycles. The van der Waals surface area contributed by atoms with Gasteiger partial charge in [-0.25, -0.2) is 0 Å². The maximum Gasteiger partial charge on any atom is 0.271 e. The van der Waals surface area contributed by atoms with Gasteiger partial charge in [-0.2, -0.15) is 8.42 Å². The monoisotopic (exact) mass is 348 g/mol. The Morgan fingerprint density at radius 3 is 2.12 bits per heavy atom. The molecule has 128 valence electrons. The Balaban J connectivity index is 1.62. The standard InChI is InChI=1S/C18H20O5S/c19-24(20,15-16-7-3-1-4-8-16)23-12-11-18(21-13-14-22-18)17-9-5-2-6-10-17/h1-10H,11-15H2. The minimum Gasteiger partial charge on any atom is -0.343 e. The van der Waals surface area contributed by atoms with Crippen LogP contribution in [0.25, 0.3) is 0 Å². The highest BCUT2D eigenvalue weighted by Crippen LogP contribution is 2.34. The summed E-state index contributed by atoms with van der Waals surface area (Å²) >= 11 is 0. The third kappa shape index (κ3) is 4.21. The fourth-order valence-corrected chi connectivity index (χ4v) is 3.75. The van der Waals surface area contributed by atoms with Crippen molar-refractivity contribution >= 4 is 10.1 Å². The number of hydrogen-bond acceptors (Lipinski definition) is 5. The summed E-state index contributed by atoms with van der Waals surface area (Å²) in [6, 6.07) is 18.5. The lowest BCUT2D eigenvalue weighted by Gasteiger charge is -2.27. The van der Waals surface area contributed by atoms with E-state index in [9.17, 15) is 8.42 Å². The highest BCUT2D eigenvalue weighted by atomic mass is 32.2. The lowest BCUT2D eigenvalue weighted by Crippen LogP contribution is -2.29. The summed E-state index contributed by atoms with van der Waals surface area (Å²) in [5.74, 6) is -1.07. The van der Waals surface area contributed by atoms with Crippen LogP contribution in [0.4, 0.5) is 0 Å². The topological polar surface area (TPSA) is 61.8 Å². The van der Waals surface area contributed by atoms with Crippen LogP contribution in [-0.2, 0) is 35.3 Å². The third-order valence-electron chi connectivity index (χ3n) is 3.85. The first-order chi connectivity index (χ1) is 11.6. The summed E-state index contributed by atoms with van der Waals surface area (Å²) in [6.07, 6.45) is 0.311. The van der Waals surface area contributed by atoms with Crippen molar-refractivity contribution in [3.05, 3.63) is 71.8 Å². The number of ether oxygens (including phenoxy) is 2. The van der Waals surface area contributed by atoms with Crippen molar-refractivity contribution in [1.82, 2.24) is 0 Å². The van der Waals surface area contributed by atoms with Crippen molar-refractivity contribution in [2.75, 3.05) is 19.8 Å². The van der Waals surface area contributed by atoms with E-state index in [2.05, 4.69) is 0 Å². The molecule has 0 radical (unpaired) electrons. The second-order valence-electron chi connectivity index (χ2n) is 5.58. The van der Waals surface area contributed by atoms with Gasteiger partial charge in [0.15, 0.2) is 5.79 Å². The van der Waals surface area contributed by atoms with Crippen LogP contribution in [0.15, 0.2) is 60.7 Å². The molecule has 1 aliphatic heterocycles. The first-order valence-corrected chi connectivity index (χ1v) is 9.42. The fraction of sp³-hybridized carbons (Fsp3) is 0.333. The van der Waals surface area contributed by atoms with Gasteiger partial charge in [0.25, 0.3) is 10.1 Å². The SMILES string of the molecule is O=S(=O)(Cc1ccccc1)OCCC1(c2ccccc2)OCCO1. The van der Waals surface area contributed by atoms with Crippen LogP contribution in [0, 0.1) is 0 Å². The van der Waals surface area contributed by atoms with E-state index in [1.54, 1.807) is 24.3 Å². The third-order valence-corrected chi connectivity index (χ3v) is 5.06. The summed E-state index contributed by atoms with van der Waals surface area (Å²) in [5.41, 5.74) is 1.56. The van der Waals surface area contributed by atoms with Gasteiger partial charge in [0, 0.05) is 12.0 Å². The van der Waals surface area contributed by atoms with E-state index < -0.39 is 15.9 Å². The van der Waals surface area contributed by atoms with Crippen molar-refractivity contribution in [2.24, 2.45) is 0 Å². The highest BCUT2D eigenvalue weighted by Gasteiger charge is 2.38. The van der Waals surface area contributed by atoms with E-state index >= 15 is 0 Å². The predicted molar refractivity (Wildman–Crippen MR) is 89.7 cm³/mol. The maximum absolute atomic E-state index is 12.1. The van der Waals surface area contributed by atoms with Gasteiger partial charge >= 0.3 is 0 Å². The zero-order chi connectivity index (χ0) is 16.9. The Morgan fingerprint density at radius 2 is 1.50 bits per heavy atom. The molecule has 0 unspecified atom stereocenters. The van der Waals surface area contributed by atoms with E-state index in [0.29, 0.717) is 25.2 Å². The number of hydrogen-bond donors (Lipinski definition) is 0. The molecule has 0 saturated carbocycles. The van der Waals surface area contributed by atoms with Gasteiger partial charge in [-0.05, 0) is 5.56 Å². The molecule has 0 spiro atoms. The molecule has 0 N–H and O–H groups in total. The normalized spacial score (nSPS) is 17.0. The van der Waals surface area contributed by atoms with Gasteiger partial charge in [0.1, 0.15) is 5.75 Å². The Kier molecular flexibility index (Phi) is 5.30. The molecule has 1 heterocycles. The molecule has 0 atom stereocenters. The van der Waals surface area contributed by atoms with Gasteiger partial charge in [0.2, 0.25) is 0 Å². The lowest BCUT2D eigenvalue weighted by molar-refractivity contribution is -0.174. The largest absolute Gasteiger partial charge is 0.343 e. The van der Waals surface area contributed by atoms with Crippen LogP contribution in [0.2, 0.25) is 0 Å². The minimum absolute atomic E-state index is 0.00403. The van der Waals surface area contributed by atoms with Crippen LogP contribution < -0.4 is 0 Å². The first-order valence-electron chi connectivity index (χ1n) is 7.84. The molecule has 3 rings (SSSR count). The van der Waals surface area contributed by atoms with Crippen LogP contribution in [0.1, 0.15) is 17.5 Å². The van der Waals surface area contributed by atoms with E-state index in [1.807, 2.05) is 36.4 Å². The van der Waals surface area contributed by atoms with Gasteiger partial charge in [0.05, 0.1) is 19.8 Å². The molecule has 24 heavy (non-hydrogen) atoms. The molecule has 6 heteroatoms. The predicted octanol–water partition coefficient (Wildman–Crippen LogP) is 2.82. The average Bonchev–Trinajstić information content (AvgIpc) is 3.06. The molecule has 0 aliphatic carbocycles. The lowest BCUT2D eigenvalue weighted by atomic mass is 10.0. The molecule has 1 fully saturated rings. The van der Waals surface area contributed by atoms with Crippen molar-refractivity contribution in [3.63, 3.8) is 0 Å². The Bertz CT molecular complexity index is 737. The first kappa shape index (κ1) is 17.1. The Labute approximate surface area is 142 Å². The quantitative estimate of drug-likeness (QED) is 0.720. The fourth-order valence-electron chi connectivity index (χ4n) is 2.73. The van der Waals surface area contributed by atoms with Crippen molar-refractivity contribution in [3.8, 4) is 0 Å². The second-order valence-corrected chi connectivity index (χ2v) is 7.22. The van der Waals surface area contributed by atoms with Gasteiger partial charge < -0.3 is 9.47 Å². The Morgan fingerprint density at radius 1 is 0.917 bits per heavy atom. The average molecular weight is 348 g/mol. The molecule has 5 nitrogen and oxygen atoms in total. The van der Waals surface area contributed by atoms with Crippen LogP contribution >= 0.6 is 0 Å². The summed E-state index contributed by atoms with van der Waals surface area (Å²) < 4.78 is 40.9. The van der Waals surface area contributed by atoms with E-state index in [-0.39, 0.29) is 12.4 Å². The van der Waals surface area contributed by atoms with Gasteiger partial charge in [-0.15, -0.1) is 0 Å². The molecule has 1 saturated heterocycles. The minimum atomic E-state index is -3.65. The zero-order valence-electron chi connectivity index (χ0n) is 13.3. The summed E-state index contributed by atoms with van der Waals surface area (Å²) in [6.45, 7) is 0.960. The number of rotatable bonds is 7. The summed E-state index contributed by atoms with van der Waals surface area (Å²) in [7, 11) is -3.65. The van der Waals surface area contributed by atoms with E-state index in [4.69, 9.17) is 13.7 Å². The second kappa shape index (κ2) is 7.44. The molecule has 0 amide bonds. The van der Waals surface area contributed by atoms with Crippen molar-refractivity contribution in [1.29, 1.82) is 0 Å². The Hall–Kier alpha value is -1.73. The smallest absolute Gasteiger partial charge is 0.271 e. The molecule has 2 aromatic rings. The van der Waals surface area contributed by atoms with Gasteiger partial charge in [-0.3, -0.25) is 4.18 Å². The van der Waals surface area contributed by atoms with E-state index in [0.717, 1.165) is 5.56 Å². The van der Waals surface area contributed by atoms with Crippen LogP contribution in [0.3, 0.4) is 0 Å². The number of benzene rings is 2. The van der Waals surface area contributed by atoms with Gasteiger partial charge in [-0.1, -0.05) is 60.7 Å². The molecule has 0 aromatic heterocycles. The summed E-state index contributed by atoms with van der Waals surface area (Å²) in [5, 5.41) is 0. The molecular formula is C18H20O5S. The zero-order valence-corrected chi connectivity index (χ0v) is 14.1. The molecule has 0 bridgehead atoms. The maximum atomic E-state index is 12.1. The molecular weight excluding hydrogens is 328 g/mol. The molecule has 1 aliphatic rings. The van der Waals surface area contributed by atoms with Crippen molar-refractivity contribution in [2.45, 2.75) is 18.0 Å². The summed E-state index contributed by atoms with van der Waals surface area (Å²) in [4.78, 5) is 0. The van der Waals surface area contributed by atoms with E-state index in [1.165, 1.54) is 0 Å². The van der Waals surface area contributed by atoms with Crippen molar-refractivity contribution < 1.29 is 22.1 Å². The van der Waals surface area contributed by atoms with Crippen LogP contribution in [0.5, 0.6) is 0 Å².